The van der Waals surface area contributed by atoms with E-state index in [2.05, 4.69) is 5.32 Å². The molecule has 0 unspecified atom stereocenters. The van der Waals surface area contributed by atoms with Crippen molar-refractivity contribution in [2.75, 3.05) is 24.7 Å². The first-order chi connectivity index (χ1) is 12.3. The summed E-state index contributed by atoms with van der Waals surface area (Å²) in [7, 11) is -3.25. The minimum absolute atomic E-state index is 0.254. The first-order valence-electron chi connectivity index (χ1n) is 8.06. The van der Waals surface area contributed by atoms with Crippen LogP contribution in [-0.2, 0) is 27.8 Å². The van der Waals surface area contributed by atoms with Gasteiger partial charge in [0.05, 0.1) is 6.26 Å². The molecule has 0 spiro atoms. The van der Waals surface area contributed by atoms with E-state index in [4.69, 9.17) is 4.74 Å². The maximum atomic E-state index is 13.1. The number of halogens is 1. The summed E-state index contributed by atoms with van der Waals surface area (Å²) in [6.45, 7) is 0.493. The van der Waals surface area contributed by atoms with Crippen molar-refractivity contribution in [2.24, 2.45) is 0 Å². The average Bonchev–Trinajstić information content (AvgIpc) is 2.59. The van der Waals surface area contributed by atoms with Crippen molar-refractivity contribution in [1.82, 2.24) is 4.31 Å². The number of carbonyl (C=O) groups excluding carboxylic acids is 1. The Bertz CT molecular complexity index is 931. The van der Waals surface area contributed by atoms with Gasteiger partial charge in [0.1, 0.15) is 11.6 Å². The number of nitrogens with one attached hydrogen (secondary N) is 1. The van der Waals surface area contributed by atoms with Crippen LogP contribution in [0.1, 0.15) is 11.1 Å². The summed E-state index contributed by atoms with van der Waals surface area (Å²) in [4.78, 5) is 12.0. The minimum atomic E-state index is -3.25. The Morgan fingerprint density at radius 2 is 2.04 bits per heavy atom. The monoisotopic (exact) mass is 378 g/mol. The molecule has 2 aromatic carbocycles. The summed E-state index contributed by atoms with van der Waals surface area (Å²) in [5.41, 5.74) is 2.50. The van der Waals surface area contributed by atoms with Crippen molar-refractivity contribution in [1.29, 1.82) is 0 Å². The lowest BCUT2D eigenvalue weighted by atomic mass is 10.0. The van der Waals surface area contributed by atoms with E-state index in [-0.39, 0.29) is 24.8 Å². The maximum absolute atomic E-state index is 13.1. The SMILES string of the molecule is CS(=O)(=O)N1CCc2ccc(NC(=O)COc3cccc(F)c3)cc2C1. The number of nitrogens with zero attached hydrogens (tertiary/aromatic N) is 1. The fourth-order valence-corrected chi connectivity index (χ4v) is 3.59. The maximum Gasteiger partial charge on any atom is 0.262 e. The van der Waals surface area contributed by atoms with Crippen molar-refractivity contribution in [3.63, 3.8) is 0 Å². The average molecular weight is 378 g/mol. The molecule has 0 saturated carbocycles. The van der Waals surface area contributed by atoms with Gasteiger partial charge in [0.15, 0.2) is 6.61 Å². The van der Waals surface area contributed by atoms with Crippen LogP contribution in [0.5, 0.6) is 5.75 Å². The van der Waals surface area contributed by atoms with Gasteiger partial charge in [-0.2, -0.15) is 4.31 Å². The Morgan fingerprint density at radius 1 is 1.23 bits per heavy atom. The summed E-state index contributed by atoms with van der Waals surface area (Å²) in [6.07, 6.45) is 1.83. The molecule has 0 saturated heterocycles. The van der Waals surface area contributed by atoms with E-state index in [1.54, 1.807) is 18.2 Å². The largest absolute Gasteiger partial charge is 0.484 e. The molecule has 6 nitrogen and oxygen atoms in total. The van der Waals surface area contributed by atoms with E-state index in [9.17, 15) is 17.6 Å². The molecule has 0 atom stereocenters. The summed E-state index contributed by atoms with van der Waals surface area (Å²) in [5, 5.41) is 2.70. The van der Waals surface area contributed by atoms with Gasteiger partial charge < -0.3 is 10.1 Å². The number of carbonyl (C=O) groups is 1. The molecule has 1 aliphatic rings. The second-order valence-corrected chi connectivity index (χ2v) is 8.11. The summed E-state index contributed by atoms with van der Waals surface area (Å²) < 4.78 is 43.2. The van der Waals surface area contributed by atoms with Crippen LogP contribution >= 0.6 is 0 Å². The molecule has 2 aromatic rings. The Morgan fingerprint density at radius 3 is 2.77 bits per heavy atom. The molecular formula is C18H19FN2O4S. The van der Waals surface area contributed by atoms with Gasteiger partial charge >= 0.3 is 0 Å². The Balaban J connectivity index is 1.63. The highest BCUT2D eigenvalue weighted by atomic mass is 32.2. The van der Waals surface area contributed by atoms with E-state index in [1.165, 1.54) is 28.8 Å². The molecule has 0 aromatic heterocycles. The quantitative estimate of drug-likeness (QED) is 0.865. The van der Waals surface area contributed by atoms with Crippen molar-refractivity contribution in [3.8, 4) is 5.75 Å². The molecule has 0 bridgehead atoms. The third-order valence-corrected chi connectivity index (χ3v) is 5.35. The van der Waals surface area contributed by atoms with Gasteiger partial charge in [-0.25, -0.2) is 12.8 Å². The summed E-state index contributed by atoms with van der Waals surface area (Å²) >= 11 is 0. The topological polar surface area (TPSA) is 75.7 Å². The highest BCUT2D eigenvalue weighted by Crippen LogP contribution is 2.24. The van der Waals surface area contributed by atoms with Crippen molar-refractivity contribution >= 4 is 21.6 Å². The number of amides is 1. The molecule has 0 fully saturated rings. The first-order valence-corrected chi connectivity index (χ1v) is 9.91. The van der Waals surface area contributed by atoms with Gasteiger partial charge in [-0.3, -0.25) is 4.79 Å². The minimum Gasteiger partial charge on any atom is -0.484 e. The van der Waals surface area contributed by atoms with Gasteiger partial charge in [-0.1, -0.05) is 12.1 Å². The lowest BCUT2D eigenvalue weighted by Crippen LogP contribution is -2.35. The molecule has 8 heteroatoms. The fourth-order valence-electron chi connectivity index (χ4n) is 2.79. The zero-order valence-corrected chi connectivity index (χ0v) is 15.1. The third-order valence-electron chi connectivity index (χ3n) is 4.10. The Hall–Kier alpha value is -2.45. The molecule has 1 N–H and O–H groups in total. The van der Waals surface area contributed by atoms with Crippen molar-refractivity contribution < 1.29 is 22.3 Å². The van der Waals surface area contributed by atoms with E-state index >= 15 is 0 Å². The molecule has 26 heavy (non-hydrogen) atoms. The van der Waals surface area contributed by atoms with E-state index in [0.29, 0.717) is 18.7 Å². The second kappa shape index (κ2) is 7.43. The van der Waals surface area contributed by atoms with Crippen LogP contribution in [0.2, 0.25) is 0 Å². The van der Waals surface area contributed by atoms with Gasteiger partial charge in [0.2, 0.25) is 10.0 Å². The first kappa shape index (κ1) is 18.3. The fraction of sp³-hybridized carbons (Fsp3) is 0.278. The zero-order valence-electron chi connectivity index (χ0n) is 14.2. The Labute approximate surface area is 151 Å². The van der Waals surface area contributed by atoms with Gasteiger partial charge in [0.25, 0.3) is 5.91 Å². The van der Waals surface area contributed by atoms with E-state index in [1.807, 2.05) is 6.07 Å². The molecule has 0 radical (unpaired) electrons. The number of benzene rings is 2. The van der Waals surface area contributed by atoms with Crippen molar-refractivity contribution in [2.45, 2.75) is 13.0 Å². The number of rotatable bonds is 5. The third kappa shape index (κ3) is 4.59. The van der Waals surface area contributed by atoms with Crippen LogP contribution in [0.25, 0.3) is 0 Å². The van der Waals surface area contributed by atoms with Gasteiger partial charge in [-0.05, 0) is 41.8 Å². The lowest BCUT2D eigenvalue weighted by molar-refractivity contribution is -0.118. The van der Waals surface area contributed by atoms with Crippen LogP contribution in [0, 0.1) is 5.82 Å². The van der Waals surface area contributed by atoms with Crippen LogP contribution in [0.4, 0.5) is 10.1 Å². The predicted molar refractivity (Wildman–Crippen MR) is 95.9 cm³/mol. The standard InChI is InChI=1S/C18H19FN2O4S/c1-26(23,24)21-8-7-13-5-6-16(9-14(13)11-21)20-18(22)12-25-17-4-2-3-15(19)10-17/h2-6,9-10H,7-8,11-12H2,1H3,(H,20,22). The van der Waals surface area contributed by atoms with Crippen molar-refractivity contribution in [3.05, 3.63) is 59.4 Å². The van der Waals surface area contributed by atoms with Crippen LogP contribution in [-0.4, -0.2) is 38.0 Å². The van der Waals surface area contributed by atoms with Crippen LogP contribution in [0.3, 0.4) is 0 Å². The lowest BCUT2D eigenvalue weighted by Gasteiger charge is -2.27. The second-order valence-electron chi connectivity index (χ2n) is 6.12. The van der Waals surface area contributed by atoms with Gasteiger partial charge in [-0.15, -0.1) is 0 Å². The molecular weight excluding hydrogens is 359 g/mol. The molecule has 3 rings (SSSR count). The van der Waals surface area contributed by atoms with Gasteiger partial charge in [0, 0.05) is 24.8 Å². The number of anilines is 1. The van der Waals surface area contributed by atoms with Crippen LogP contribution < -0.4 is 10.1 Å². The molecule has 1 amide bonds. The Kier molecular flexibility index (Phi) is 5.24. The van der Waals surface area contributed by atoms with Crippen LogP contribution in [0.15, 0.2) is 42.5 Å². The molecule has 1 heterocycles. The highest BCUT2D eigenvalue weighted by molar-refractivity contribution is 7.88. The van der Waals surface area contributed by atoms with E-state index in [0.717, 1.165) is 11.1 Å². The zero-order chi connectivity index (χ0) is 18.7. The van der Waals surface area contributed by atoms with E-state index < -0.39 is 15.8 Å². The number of hydrogen-bond acceptors (Lipinski definition) is 4. The summed E-state index contributed by atoms with van der Waals surface area (Å²) in [6, 6.07) is 11.0. The smallest absolute Gasteiger partial charge is 0.262 e. The number of fused-ring (bicyclic) bond motifs is 1. The number of ether oxygens (including phenoxy) is 1. The normalized spacial score (nSPS) is 14.5. The number of hydrogen-bond donors (Lipinski definition) is 1. The number of sulfonamides is 1. The highest BCUT2D eigenvalue weighted by Gasteiger charge is 2.23. The molecule has 1 aliphatic heterocycles. The molecule has 138 valence electrons. The summed E-state index contributed by atoms with van der Waals surface area (Å²) in [5.74, 6) is -0.549. The molecule has 0 aliphatic carbocycles. The predicted octanol–water partition coefficient (Wildman–Crippen LogP) is 2.16.